The van der Waals surface area contributed by atoms with Crippen LogP contribution in [0.2, 0.25) is 10.0 Å². The lowest BCUT2D eigenvalue weighted by atomic mass is 10.2. The molecule has 1 aromatic rings. The molecule has 1 rings (SSSR count). The molecule has 1 atom stereocenters. The lowest BCUT2D eigenvalue weighted by Crippen LogP contribution is -2.38. The van der Waals surface area contributed by atoms with E-state index in [0.717, 1.165) is 28.7 Å². The minimum absolute atomic E-state index is 0.396. The van der Waals surface area contributed by atoms with Crippen molar-refractivity contribution >= 4 is 23.2 Å². The first-order valence-electron chi connectivity index (χ1n) is 5.89. The van der Waals surface area contributed by atoms with Gasteiger partial charge in [-0.15, -0.1) is 0 Å². The molecule has 0 aliphatic rings. The highest BCUT2D eigenvalue weighted by Crippen LogP contribution is 2.20. The van der Waals surface area contributed by atoms with Gasteiger partial charge < -0.3 is 10.6 Å². The fourth-order valence-electron chi connectivity index (χ4n) is 1.45. The van der Waals surface area contributed by atoms with E-state index < -0.39 is 0 Å². The van der Waals surface area contributed by atoms with Crippen molar-refractivity contribution in [2.75, 3.05) is 6.54 Å². The third-order valence-electron chi connectivity index (χ3n) is 2.48. The van der Waals surface area contributed by atoms with E-state index >= 15 is 0 Å². The summed E-state index contributed by atoms with van der Waals surface area (Å²) in [4.78, 5) is 0. The molecule has 0 heterocycles. The highest BCUT2D eigenvalue weighted by Gasteiger charge is 2.05. The maximum absolute atomic E-state index is 6.09. The molecule has 1 aromatic carbocycles. The van der Waals surface area contributed by atoms with Crippen molar-refractivity contribution in [3.8, 4) is 0 Å². The summed E-state index contributed by atoms with van der Waals surface area (Å²) < 4.78 is 0. The first-order chi connectivity index (χ1) is 7.99. The molecular formula is C13H20Cl2N2. The molecule has 2 nitrogen and oxygen atoms in total. The van der Waals surface area contributed by atoms with Gasteiger partial charge in [-0.2, -0.15) is 0 Å². The zero-order chi connectivity index (χ0) is 12.8. The average Bonchev–Trinajstić information content (AvgIpc) is 2.27. The monoisotopic (exact) mass is 274 g/mol. The van der Waals surface area contributed by atoms with E-state index in [4.69, 9.17) is 23.2 Å². The number of halogens is 2. The van der Waals surface area contributed by atoms with Gasteiger partial charge >= 0.3 is 0 Å². The van der Waals surface area contributed by atoms with Crippen LogP contribution in [-0.2, 0) is 6.54 Å². The Morgan fingerprint density at radius 1 is 1.12 bits per heavy atom. The predicted octanol–water partition coefficient (Wildman–Crippen LogP) is 3.47. The van der Waals surface area contributed by atoms with Crippen LogP contribution in [0.25, 0.3) is 0 Å². The van der Waals surface area contributed by atoms with Gasteiger partial charge in [-0.05, 0) is 30.7 Å². The van der Waals surface area contributed by atoms with E-state index in [1.165, 1.54) is 0 Å². The van der Waals surface area contributed by atoms with Crippen LogP contribution in [0.1, 0.15) is 26.3 Å². The fraction of sp³-hybridized carbons (Fsp3) is 0.538. The zero-order valence-corrected chi connectivity index (χ0v) is 12.1. The normalized spacial score (nSPS) is 13.1. The van der Waals surface area contributed by atoms with Crippen molar-refractivity contribution in [1.29, 1.82) is 0 Å². The first-order valence-corrected chi connectivity index (χ1v) is 6.65. The zero-order valence-electron chi connectivity index (χ0n) is 10.6. The Morgan fingerprint density at radius 3 is 2.47 bits per heavy atom. The summed E-state index contributed by atoms with van der Waals surface area (Å²) >= 11 is 12.0. The SMILES string of the molecule is CC(C)NCC(C)NCc1cc(Cl)ccc1Cl. The Morgan fingerprint density at radius 2 is 1.82 bits per heavy atom. The van der Waals surface area contributed by atoms with Crippen molar-refractivity contribution in [1.82, 2.24) is 10.6 Å². The number of nitrogens with one attached hydrogen (secondary N) is 2. The Hall–Kier alpha value is -0.280. The maximum Gasteiger partial charge on any atom is 0.0451 e. The summed E-state index contributed by atoms with van der Waals surface area (Å²) in [6, 6.07) is 6.44. The third kappa shape index (κ3) is 5.73. The van der Waals surface area contributed by atoms with Gasteiger partial charge in [0.25, 0.3) is 0 Å². The van der Waals surface area contributed by atoms with Gasteiger partial charge in [0.15, 0.2) is 0 Å². The smallest absolute Gasteiger partial charge is 0.0451 e. The number of benzene rings is 1. The average molecular weight is 275 g/mol. The molecule has 0 saturated carbocycles. The van der Waals surface area contributed by atoms with Gasteiger partial charge in [-0.1, -0.05) is 37.0 Å². The quantitative estimate of drug-likeness (QED) is 0.830. The Kier molecular flexibility index (Phi) is 6.28. The molecule has 0 radical (unpaired) electrons. The minimum atomic E-state index is 0.396. The minimum Gasteiger partial charge on any atom is -0.313 e. The van der Waals surface area contributed by atoms with Crippen LogP contribution >= 0.6 is 23.2 Å². The topological polar surface area (TPSA) is 24.1 Å². The van der Waals surface area contributed by atoms with E-state index in [0.29, 0.717) is 12.1 Å². The molecule has 0 fully saturated rings. The van der Waals surface area contributed by atoms with E-state index in [9.17, 15) is 0 Å². The van der Waals surface area contributed by atoms with Crippen molar-refractivity contribution in [2.45, 2.75) is 39.4 Å². The summed E-state index contributed by atoms with van der Waals surface area (Å²) in [5.74, 6) is 0. The van der Waals surface area contributed by atoms with Crippen molar-refractivity contribution in [3.05, 3.63) is 33.8 Å². The second-order valence-corrected chi connectivity index (χ2v) is 5.42. The second-order valence-electron chi connectivity index (χ2n) is 4.58. The molecular weight excluding hydrogens is 255 g/mol. The van der Waals surface area contributed by atoms with Gasteiger partial charge in [0, 0.05) is 35.2 Å². The maximum atomic E-state index is 6.09. The molecule has 17 heavy (non-hydrogen) atoms. The van der Waals surface area contributed by atoms with E-state index in [-0.39, 0.29) is 0 Å². The number of rotatable bonds is 6. The van der Waals surface area contributed by atoms with Gasteiger partial charge in [0.2, 0.25) is 0 Å². The molecule has 2 N–H and O–H groups in total. The highest BCUT2D eigenvalue weighted by molar-refractivity contribution is 6.33. The summed E-state index contributed by atoms with van der Waals surface area (Å²) in [5, 5.41) is 8.28. The summed E-state index contributed by atoms with van der Waals surface area (Å²) in [5.41, 5.74) is 1.04. The third-order valence-corrected chi connectivity index (χ3v) is 3.08. The molecule has 96 valence electrons. The van der Waals surface area contributed by atoms with Crippen molar-refractivity contribution in [2.24, 2.45) is 0 Å². The van der Waals surface area contributed by atoms with E-state index in [1.54, 1.807) is 6.07 Å². The molecule has 0 aromatic heterocycles. The Bertz CT molecular complexity index is 353. The van der Waals surface area contributed by atoms with Crippen LogP contribution in [0.15, 0.2) is 18.2 Å². The van der Waals surface area contributed by atoms with Crippen molar-refractivity contribution < 1.29 is 0 Å². The molecule has 4 heteroatoms. The number of hydrogen-bond donors (Lipinski definition) is 2. The molecule has 0 spiro atoms. The summed E-state index contributed by atoms with van der Waals surface area (Å²) in [6.07, 6.45) is 0. The first kappa shape index (κ1) is 14.8. The van der Waals surface area contributed by atoms with E-state index in [1.807, 2.05) is 12.1 Å². The molecule has 0 aliphatic heterocycles. The fourth-order valence-corrected chi connectivity index (χ4v) is 1.83. The summed E-state index contributed by atoms with van der Waals surface area (Å²) in [7, 11) is 0. The van der Waals surface area contributed by atoms with Crippen molar-refractivity contribution in [3.63, 3.8) is 0 Å². The molecule has 1 unspecified atom stereocenters. The van der Waals surface area contributed by atoms with Gasteiger partial charge in [-0.25, -0.2) is 0 Å². The molecule has 0 bridgehead atoms. The molecule has 0 amide bonds. The molecule has 0 saturated heterocycles. The summed E-state index contributed by atoms with van der Waals surface area (Å²) in [6.45, 7) is 8.10. The van der Waals surface area contributed by atoms with Gasteiger partial charge in [0.05, 0.1) is 0 Å². The lowest BCUT2D eigenvalue weighted by Gasteiger charge is -2.17. The highest BCUT2D eigenvalue weighted by atomic mass is 35.5. The largest absolute Gasteiger partial charge is 0.313 e. The van der Waals surface area contributed by atoms with Gasteiger partial charge in [-0.3, -0.25) is 0 Å². The van der Waals surface area contributed by atoms with Crippen LogP contribution in [0.5, 0.6) is 0 Å². The van der Waals surface area contributed by atoms with Crippen LogP contribution in [0.4, 0.5) is 0 Å². The lowest BCUT2D eigenvalue weighted by molar-refractivity contribution is 0.474. The van der Waals surface area contributed by atoms with Crippen LogP contribution in [0, 0.1) is 0 Å². The van der Waals surface area contributed by atoms with Crippen LogP contribution in [-0.4, -0.2) is 18.6 Å². The Labute approximate surface area is 114 Å². The van der Waals surface area contributed by atoms with Gasteiger partial charge in [0.1, 0.15) is 0 Å². The predicted molar refractivity (Wildman–Crippen MR) is 75.9 cm³/mol. The molecule has 0 aliphatic carbocycles. The number of hydrogen-bond acceptors (Lipinski definition) is 2. The standard InChI is InChI=1S/C13H20Cl2N2/c1-9(2)16-7-10(3)17-8-11-6-12(14)4-5-13(11)15/h4-6,9-10,16-17H,7-8H2,1-3H3. The van der Waals surface area contributed by atoms with E-state index in [2.05, 4.69) is 31.4 Å². The Balaban J connectivity index is 2.41. The van der Waals surface area contributed by atoms with Crippen LogP contribution < -0.4 is 10.6 Å². The van der Waals surface area contributed by atoms with Crippen LogP contribution in [0.3, 0.4) is 0 Å². The second kappa shape index (κ2) is 7.22.